The number of nitrogens with zero attached hydrogens (tertiary/aromatic N) is 2. The Kier molecular flexibility index (Phi) is 6.55. The molecule has 0 saturated heterocycles. The van der Waals surface area contributed by atoms with Gasteiger partial charge < -0.3 is 4.42 Å². The fourth-order valence-corrected chi connectivity index (χ4v) is 8.15. The van der Waals surface area contributed by atoms with Gasteiger partial charge in [0.2, 0.25) is 0 Å². The van der Waals surface area contributed by atoms with Gasteiger partial charge in [-0.1, -0.05) is 146 Å². The van der Waals surface area contributed by atoms with E-state index in [-0.39, 0.29) is 0 Å². The number of fused-ring (bicyclic) bond motifs is 11. The van der Waals surface area contributed by atoms with Gasteiger partial charge in [-0.05, 0) is 91.0 Å². The van der Waals surface area contributed by atoms with Crippen LogP contribution in [0.4, 0.5) is 0 Å². The zero-order valence-corrected chi connectivity index (χ0v) is 28.6. The molecule has 0 bridgehead atoms. The molecular weight excluding hydrogens is 645 g/mol. The molecule has 0 fully saturated rings. The topological polar surface area (TPSA) is 38.9 Å². The van der Waals surface area contributed by atoms with Crippen LogP contribution in [0.3, 0.4) is 0 Å². The zero-order chi connectivity index (χ0) is 34.9. The number of para-hydroxylation sites is 1. The first kappa shape index (κ1) is 29.6. The molecule has 2 aromatic heterocycles. The van der Waals surface area contributed by atoms with E-state index in [2.05, 4.69) is 158 Å². The molecule has 3 nitrogen and oxygen atoms in total. The summed E-state index contributed by atoms with van der Waals surface area (Å²) in [6, 6.07) is 64.5. The van der Waals surface area contributed by atoms with Gasteiger partial charge in [-0.3, -0.25) is 0 Å². The van der Waals surface area contributed by atoms with Crippen LogP contribution in [-0.2, 0) is 0 Å². The minimum atomic E-state index is 0.681. The Balaban J connectivity index is 1.06. The summed E-state index contributed by atoms with van der Waals surface area (Å²) < 4.78 is 6.28. The molecule has 0 radical (unpaired) electrons. The molecule has 0 aliphatic rings. The third-order valence-electron chi connectivity index (χ3n) is 10.6. The smallest absolute Gasteiger partial charge is 0.160 e. The van der Waals surface area contributed by atoms with Crippen LogP contribution >= 0.6 is 0 Å². The van der Waals surface area contributed by atoms with Crippen LogP contribution in [0.25, 0.3) is 110 Å². The van der Waals surface area contributed by atoms with Crippen molar-refractivity contribution in [3.63, 3.8) is 0 Å². The summed E-state index contributed by atoms with van der Waals surface area (Å²) in [5.74, 6) is 0.681. The van der Waals surface area contributed by atoms with E-state index in [0.29, 0.717) is 5.82 Å². The molecular formula is C50H30N2O. The van der Waals surface area contributed by atoms with E-state index in [9.17, 15) is 0 Å². The van der Waals surface area contributed by atoms with E-state index >= 15 is 0 Å². The molecule has 0 unspecified atom stereocenters. The van der Waals surface area contributed by atoms with Crippen molar-refractivity contribution in [2.24, 2.45) is 0 Å². The van der Waals surface area contributed by atoms with E-state index in [1.54, 1.807) is 0 Å². The molecule has 11 rings (SSSR count). The summed E-state index contributed by atoms with van der Waals surface area (Å²) in [6.45, 7) is 0. The normalized spacial score (nSPS) is 11.8. The average molecular weight is 675 g/mol. The van der Waals surface area contributed by atoms with E-state index in [1.165, 1.54) is 43.4 Å². The van der Waals surface area contributed by atoms with Gasteiger partial charge in [0.1, 0.15) is 11.2 Å². The number of furan rings is 1. The Morgan fingerprint density at radius 2 is 0.811 bits per heavy atom. The highest BCUT2D eigenvalue weighted by Gasteiger charge is 2.18. The van der Waals surface area contributed by atoms with Crippen LogP contribution in [-0.4, -0.2) is 9.97 Å². The van der Waals surface area contributed by atoms with Crippen LogP contribution in [0.2, 0.25) is 0 Å². The van der Waals surface area contributed by atoms with Gasteiger partial charge in [-0.15, -0.1) is 0 Å². The predicted molar refractivity (Wildman–Crippen MR) is 221 cm³/mol. The van der Waals surface area contributed by atoms with Crippen molar-refractivity contribution in [2.45, 2.75) is 0 Å². The number of hydrogen-bond acceptors (Lipinski definition) is 3. The summed E-state index contributed by atoms with van der Waals surface area (Å²) in [4.78, 5) is 10.5. The molecule has 53 heavy (non-hydrogen) atoms. The molecule has 11 aromatic rings. The summed E-state index contributed by atoms with van der Waals surface area (Å²) in [5, 5.41) is 10.7. The summed E-state index contributed by atoms with van der Waals surface area (Å²) in [7, 11) is 0. The highest BCUT2D eigenvalue weighted by Crippen LogP contribution is 2.40. The van der Waals surface area contributed by atoms with E-state index in [1.807, 2.05) is 24.3 Å². The number of rotatable bonds is 4. The van der Waals surface area contributed by atoms with E-state index in [4.69, 9.17) is 14.4 Å². The van der Waals surface area contributed by atoms with Crippen molar-refractivity contribution in [3.8, 4) is 44.9 Å². The Hall–Kier alpha value is -7.10. The highest BCUT2D eigenvalue weighted by molar-refractivity contribution is 6.26. The van der Waals surface area contributed by atoms with Gasteiger partial charge in [0, 0.05) is 21.9 Å². The third kappa shape index (κ3) is 4.75. The molecule has 0 aliphatic carbocycles. The fraction of sp³-hybridized carbons (Fsp3) is 0. The Morgan fingerprint density at radius 1 is 0.302 bits per heavy atom. The van der Waals surface area contributed by atoms with Gasteiger partial charge in [0.25, 0.3) is 0 Å². The second-order valence-corrected chi connectivity index (χ2v) is 13.7. The Morgan fingerprint density at radius 3 is 1.51 bits per heavy atom. The second kappa shape index (κ2) is 11.7. The monoisotopic (exact) mass is 674 g/mol. The molecule has 0 spiro atoms. The summed E-state index contributed by atoms with van der Waals surface area (Å²) in [6.07, 6.45) is 0. The second-order valence-electron chi connectivity index (χ2n) is 13.7. The lowest BCUT2D eigenvalue weighted by atomic mass is 9.91. The van der Waals surface area contributed by atoms with E-state index < -0.39 is 0 Å². The minimum absolute atomic E-state index is 0.681. The molecule has 2 heterocycles. The summed E-state index contributed by atoms with van der Waals surface area (Å²) >= 11 is 0. The Labute approximate surface area is 305 Å². The predicted octanol–water partition coefficient (Wildman–Crippen LogP) is 13.7. The Bertz CT molecular complexity index is 3200. The zero-order valence-electron chi connectivity index (χ0n) is 28.6. The number of benzene rings is 9. The maximum atomic E-state index is 6.28. The van der Waals surface area contributed by atoms with Crippen molar-refractivity contribution in [1.29, 1.82) is 0 Å². The lowest BCUT2D eigenvalue weighted by Crippen LogP contribution is -1.96. The van der Waals surface area contributed by atoms with Crippen molar-refractivity contribution in [1.82, 2.24) is 9.97 Å². The van der Waals surface area contributed by atoms with Crippen molar-refractivity contribution >= 4 is 65.2 Å². The lowest BCUT2D eigenvalue weighted by Gasteiger charge is -2.13. The van der Waals surface area contributed by atoms with Gasteiger partial charge in [-0.25, -0.2) is 9.97 Å². The largest absolute Gasteiger partial charge is 0.456 e. The standard InChI is InChI=1S/C50H30N2O/c1-2-12-31(13-3-1)48-43-26-27-46-47(42-22-8-9-23-45(42)53-46)49(43)52-50(51-48)36-17-11-16-34(29-36)32-14-10-15-33(28-32)35-24-25-41-39-20-5-4-18-37(39)38-19-6-7-21-40(38)44(41)30-35/h1-30H. The molecule has 3 heteroatoms. The SMILES string of the molecule is c1ccc(-c2nc(-c3cccc(-c4cccc(-c5ccc6c7ccccc7c7ccccc7c6c5)c4)c3)nc3c2ccc2oc4ccccc4c23)cc1. The van der Waals surface area contributed by atoms with Crippen molar-refractivity contribution in [3.05, 3.63) is 182 Å². The maximum absolute atomic E-state index is 6.28. The van der Waals surface area contributed by atoms with Gasteiger partial charge in [0.05, 0.1) is 16.6 Å². The third-order valence-corrected chi connectivity index (χ3v) is 10.6. The molecule has 0 N–H and O–H groups in total. The maximum Gasteiger partial charge on any atom is 0.160 e. The van der Waals surface area contributed by atoms with Crippen molar-refractivity contribution in [2.75, 3.05) is 0 Å². The first-order valence-electron chi connectivity index (χ1n) is 18.0. The molecule has 246 valence electrons. The van der Waals surface area contributed by atoms with Crippen molar-refractivity contribution < 1.29 is 4.42 Å². The minimum Gasteiger partial charge on any atom is -0.456 e. The van der Waals surface area contributed by atoms with Crippen LogP contribution in [0, 0.1) is 0 Å². The first-order valence-corrected chi connectivity index (χ1v) is 18.0. The number of aromatic nitrogens is 2. The van der Waals surface area contributed by atoms with Gasteiger partial charge >= 0.3 is 0 Å². The fourth-order valence-electron chi connectivity index (χ4n) is 8.15. The van der Waals surface area contributed by atoms with Gasteiger partial charge in [-0.2, -0.15) is 0 Å². The number of hydrogen-bond donors (Lipinski definition) is 0. The molecule has 0 aliphatic heterocycles. The van der Waals surface area contributed by atoms with Crippen LogP contribution in [0.15, 0.2) is 186 Å². The quantitative estimate of drug-likeness (QED) is 0.174. The lowest BCUT2D eigenvalue weighted by molar-refractivity contribution is 0.669. The van der Waals surface area contributed by atoms with E-state index in [0.717, 1.165) is 60.8 Å². The van der Waals surface area contributed by atoms with Crippen LogP contribution in [0.1, 0.15) is 0 Å². The average Bonchev–Trinajstić information content (AvgIpc) is 3.63. The molecule has 9 aromatic carbocycles. The molecule has 0 amide bonds. The molecule has 0 saturated carbocycles. The molecule has 0 atom stereocenters. The van der Waals surface area contributed by atoms with Crippen LogP contribution in [0.5, 0.6) is 0 Å². The highest BCUT2D eigenvalue weighted by atomic mass is 16.3. The first-order chi connectivity index (χ1) is 26.3. The van der Waals surface area contributed by atoms with Crippen LogP contribution < -0.4 is 0 Å². The van der Waals surface area contributed by atoms with Gasteiger partial charge in [0.15, 0.2) is 5.82 Å². The summed E-state index contributed by atoms with van der Waals surface area (Å²) in [5.41, 5.74) is 10.1.